The summed E-state index contributed by atoms with van der Waals surface area (Å²) < 4.78 is 23.3. The normalized spacial score (nSPS) is 24.6. The van der Waals surface area contributed by atoms with Crippen molar-refractivity contribution >= 4 is 27.3 Å². The summed E-state index contributed by atoms with van der Waals surface area (Å²) in [6, 6.07) is 6.92. The quantitative estimate of drug-likeness (QED) is 0.859. The van der Waals surface area contributed by atoms with E-state index in [0.29, 0.717) is 17.0 Å². The van der Waals surface area contributed by atoms with Gasteiger partial charge in [0.1, 0.15) is 0 Å². The van der Waals surface area contributed by atoms with Crippen LogP contribution in [0.3, 0.4) is 0 Å². The highest BCUT2D eigenvalue weighted by atomic mass is 35.5. The number of nitrogens with zero attached hydrogens (tertiary/aromatic N) is 1. The number of carbonyl (C=O) groups is 1. The monoisotopic (exact) mass is 313 g/mol. The molecule has 2 aliphatic rings. The SMILES string of the molecule is O=C(c1ccccc1Cl)N(C1CC1)C1CCS(=O)(=O)C1. The van der Waals surface area contributed by atoms with E-state index < -0.39 is 9.84 Å². The Bertz CT molecular complexity index is 640. The molecule has 3 rings (SSSR count). The van der Waals surface area contributed by atoms with Crippen LogP contribution in [0.2, 0.25) is 5.02 Å². The highest BCUT2D eigenvalue weighted by Gasteiger charge is 2.42. The van der Waals surface area contributed by atoms with Gasteiger partial charge in [-0.25, -0.2) is 8.42 Å². The molecule has 1 aromatic carbocycles. The van der Waals surface area contributed by atoms with Crippen molar-refractivity contribution in [1.82, 2.24) is 4.90 Å². The molecule has 0 N–H and O–H groups in total. The third-order valence-corrected chi connectivity index (χ3v) is 5.96. The van der Waals surface area contributed by atoms with Gasteiger partial charge in [-0.3, -0.25) is 4.79 Å². The van der Waals surface area contributed by atoms with Crippen molar-refractivity contribution in [3.8, 4) is 0 Å². The zero-order chi connectivity index (χ0) is 14.3. The smallest absolute Gasteiger partial charge is 0.255 e. The third-order valence-electron chi connectivity index (χ3n) is 3.88. The Morgan fingerprint density at radius 1 is 1.15 bits per heavy atom. The van der Waals surface area contributed by atoms with Crippen LogP contribution in [0.25, 0.3) is 0 Å². The Kier molecular flexibility index (Phi) is 3.50. The Hall–Kier alpha value is -1.07. The minimum atomic E-state index is -3.00. The highest BCUT2D eigenvalue weighted by Crippen LogP contribution is 2.34. The van der Waals surface area contributed by atoms with Crippen LogP contribution < -0.4 is 0 Å². The third kappa shape index (κ3) is 2.69. The number of benzene rings is 1. The van der Waals surface area contributed by atoms with Gasteiger partial charge in [0.2, 0.25) is 0 Å². The van der Waals surface area contributed by atoms with Crippen molar-refractivity contribution < 1.29 is 13.2 Å². The van der Waals surface area contributed by atoms with Gasteiger partial charge in [-0.1, -0.05) is 23.7 Å². The number of amides is 1. The Morgan fingerprint density at radius 2 is 1.85 bits per heavy atom. The van der Waals surface area contributed by atoms with E-state index in [2.05, 4.69) is 0 Å². The van der Waals surface area contributed by atoms with E-state index >= 15 is 0 Å². The average molecular weight is 314 g/mol. The average Bonchev–Trinajstić information content (AvgIpc) is 3.15. The molecule has 1 unspecified atom stereocenters. The van der Waals surface area contributed by atoms with Gasteiger partial charge in [-0.2, -0.15) is 0 Å². The molecule has 4 nitrogen and oxygen atoms in total. The van der Waals surface area contributed by atoms with Crippen LogP contribution in [-0.2, 0) is 9.84 Å². The summed E-state index contributed by atoms with van der Waals surface area (Å²) in [7, 11) is -3.00. The molecule has 1 amide bonds. The van der Waals surface area contributed by atoms with Crippen LogP contribution in [0.1, 0.15) is 29.6 Å². The van der Waals surface area contributed by atoms with Gasteiger partial charge in [0.25, 0.3) is 5.91 Å². The van der Waals surface area contributed by atoms with Crippen LogP contribution in [0, 0.1) is 0 Å². The van der Waals surface area contributed by atoms with Crippen molar-refractivity contribution in [2.45, 2.75) is 31.3 Å². The lowest BCUT2D eigenvalue weighted by atomic mass is 10.1. The Balaban J connectivity index is 1.88. The molecule has 20 heavy (non-hydrogen) atoms. The topological polar surface area (TPSA) is 54.5 Å². The zero-order valence-electron chi connectivity index (χ0n) is 11.0. The predicted molar refractivity (Wildman–Crippen MR) is 77.7 cm³/mol. The van der Waals surface area contributed by atoms with Crippen LogP contribution in [0.4, 0.5) is 0 Å². The minimum absolute atomic E-state index is 0.0830. The molecule has 1 saturated heterocycles. The first-order chi connectivity index (χ1) is 9.48. The van der Waals surface area contributed by atoms with E-state index in [1.165, 1.54) is 0 Å². The summed E-state index contributed by atoms with van der Waals surface area (Å²) in [5.41, 5.74) is 0.463. The second-order valence-corrected chi connectivity index (χ2v) is 8.12. The molecule has 2 fully saturated rings. The van der Waals surface area contributed by atoms with Crippen molar-refractivity contribution in [1.29, 1.82) is 0 Å². The molecule has 1 atom stereocenters. The molecule has 1 aromatic rings. The molecule has 1 aliphatic carbocycles. The van der Waals surface area contributed by atoms with Crippen molar-refractivity contribution in [3.63, 3.8) is 0 Å². The first-order valence-electron chi connectivity index (χ1n) is 6.75. The van der Waals surface area contributed by atoms with Crippen LogP contribution in [0.15, 0.2) is 24.3 Å². The maximum absolute atomic E-state index is 12.7. The Labute approximate surface area is 123 Å². The minimum Gasteiger partial charge on any atom is -0.332 e. The molecule has 0 spiro atoms. The predicted octanol–water partition coefficient (Wildman–Crippen LogP) is 2.13. The second kappa shape index (κ2) is 5.04. The van der Waals surface area contributed by atoms with Gasteiger partial charge in [0.15, 0.2) is 9.84 Å². The molecule has 1 heterocycles. The fraction of sp³-hybridized carbons (Fsp3) is 0.500. The first-order valence-corrected chi connectivity index (χ1v) is 8.95. The summed E-state index contributed by atoms with van der Waals surface area (Å²) >= 11 is 6.09. The van der Waals surface area contributed by atoms with E-state index in [4.69, 9.17) is 11.6 Å². The molecule has 0 bridgehead atoms. The van der Waals surface area contributed by atoms with Gasteiger partial charge < -0.3 is 4.90 Å². The van der Waals surface area contributed by atoms with Gasteiger partial charge in [0, 0.05) is 12.1 Å². The van der Waals surface area contributed by atoms with Gasteiger partial charge in [-0.15, -0.1) is 0 Å². The van der Waals surface area contributed by atoms with Crippen molar-refractivity contribution in [2.75, 3.05) is 11.5 Å². The molecule has 0 aromatic heterocycles. The van der Waals surface area contributed by atoms with Gasteiger partial charge in [-0.05, 0) is 31.4 Å². The molecule has 1 aliphatic heterocycles. The molecule has 108 valence electrons. The van der Waals surface area contributed by atoms with Crippen molar-refractivity contribution in [3.05, 3.63) is 34.9 Å². The van der Waals surface area contributed by atoms with E-state index in [1.807, 2.05) is 0 Å². The van der Waals surface area contributed by atoms with Crippen LogP contribution in [0.5, 0.6) is 0 Å². The van der Waals surface area contributed by atoms with E-state index in [0.717, 1.165) is 12.8 Å². The summed E-state index contributed by atoms with van der Waals surface area (Å²) in [4.78, 5) is 14.4. The van der Waals surface area contributed by atoms with Crippen molar-refractivity contribution in [2.24, 2.45) is 0 Å². The van der Waals surface area contributed by atoms with Crippen LogP contribution in [-0.4, -0.2) is 42.8 Å². The molecular formula is C14H16ClNO3S. The number of halogens is 1. The number of rotatable bonds is 3. The molecule has 1 saturated carbocycles. The standard InChI is InChI=1S/C14H16ClNO3S/c15-13-4-2-1-3-12(13)14(17)16(10-5-6-10)11-7-8-20(18,19)9-11/h1-4,10-11H,5-9H2. The lowest BCUT2D eigenvalue weighted by molar-refractivity contribution is 0.0681. The van der Waals surface area contributed by atoms with E-state index in [9.17, 15) is 13.2 Å². The lowest BCUT2D eigenvalue weighted by Crippen LogP contribution is -2.42. The largest absolute Gasteiger partial charge is 0.332 e. The van der Waals surface area contributed by atoms with Crippen LogP contribution >= 0.6 is 11.6 Å². The van der Waals surface area contributed by atoms with E-state index in [-0.39, 0.29) is 29.5 Å². The molecular weight excluding hydrogens is 298 g/mol. The maximum atomic E-state index is 12.7. The zero-order valence-corrected chi connectivity index (χ0v) is 12.5. The fourth-order valence-corrected chi connectivity index (χ4v) is 4.68. The fourth-order valence-electron chi connectivity index (χ4n) is 2.75. The summed E-state index contributed by atoms with van der Waals surface area (Å²) in [6.07, 6.45) is 2.44. The molecule has 6 heteroatoms. The summed E-state index contributed by atoms with van der Waals surface area (Å²) in [5.74, 6) is 0.122. The molecule has 0 radical (unpaired) electrons. The number of sulfone groups is 1. The summed E-state index contributed by atoms with van der Waals surface area (Å²) in [6.45, 7) is 0. The number of carbonyl (C=O) groups excluding carboxylic acids is 1. The highest BCUT2D eigenvalue weighted by molar-refractivity contribution is 7.91. The van der Waals surface area contributed by atoms with Gasteiger partial charge >= 0.3 is 0 Å². The lowest BCUT2D eigenvalue weighted by Gasteiger charge is -2.28. The second-order valence-electron chi connectivity index (χ2n) is 5.48. The Morgan fingerprint density at radius 3 is 2.40 bits per heavy atom. The van der Waals surface area contributed by atoms with Gasteiger partial charge in [0.05, 0.1) is 22.1 Å². The number of hydrogen-bond acceptors (Lipinski definition) is 3. The number of hydrogen-bond donors (Lipinski definition) is 0. The maximum Gasteiger partial charge on any atom is 0.255 e. The summed E-state index contributed by atoms with van der Waals surface area (Å²) in [5, 5.41) is 0.420. The van der Waals surface area contributed by atoms with E-state index in [1.54, 1.807) is 29.2 Å². The first kappa shape index (κ1) is 13.9.